The van der Waals surface area contributed by atoms with E-state index in [9.17, 15) is 26.4 Å². The first kappa shape index (κ1) is 24.0. The molecule has 168 valence electrons. The quantitative estimate of drug-likeness (QED) is 0.443. The minimum absolute atomic E-state index is 0.145. The maximum atomic E-state index is 12.7. The Morgan fingerprint density at radius 3 is 2.21 bits per heavy atom. The van der Waals surface area contributed by atoms with E-state index in [1.165, 1.54) is 18.4 Å². The smallest absolute Gasteiger partial charge is 0.279 e. The Morgan fingerprint density at radius 2 is 1.66 bits per heavy atom. The molecule has 11 nitrogen and oxygen atoms in total. The molecule has 0 spiro atoms. The van der Waals surface area contributed by atoms with Crippen molar-refractivity contribution >= 4 is 32.0 Å². The molecule has 0 radical (unpaired) electrons. The van der Waals surface area contributed by atoms with Gasteiger partial charge in [-0.15, -0.1) is 0 Å². The summed E-state index contributed by atoms with van der Waals surface area (Å²) in [4.78, 5) is 26.3. The van der Waals surface area contributed by atoms with Crippen LogP contribution in [0.4, 0.5) is 0 Å². The summed E-state index contributed by atoms with van der Waals surface area (Å²) in [5.74, 6) is -0.375. The molecule has 2 amide bonds. The van der Waals surface area contributed by atoms with Crippen molar-refractivity contribution in [3.05, 3.63) is 0 Å². The molecule has 13 heteroatoms. The second-order valence-corrected chi connectivity index (χ2v) is 11.6. The van der Waals surface area contributed by atoms with Crippen LogP contribution in [0.2, 0.25) is 0 Å². The van der Waals surface area contributed by atoms with Crippen LogP contribution >= 0.6 is 0 Å². The summed E-state index contributed by atoms with van der Waals surface area (Å²) in [5, 5.41) is 2.71. The minimum Gasteiger partial charge on any atom is -0.355 e. The van der Waals surface area contributed by atoms with Crippen molar-refractivity contribution < 1.29 is 26.4 Å². The molecule has 0 saturated carbocycles. The highest BCUT2D eigenvalue weighted by atomic mass is 32.2. The summed E-state index contributed by atoms with van der Waals surface area (Å²) in [6, 6.07) is -0.606. The van der Waals surface area contributed by atoms with Crippen molar-refractivity contribution in [2.24, 2.45) is 5.92 Å². The molecule has 0 bridgehead atoms. The van der Waals surface area contributed by atoms with E-state index in [4.69, 9.17) is 0 Å². The molecule has 2 saturated heterocycles. The van der Waals surface area contributed by atoms with E-state index in [0.29, 0.717) is 51.9 Å². The van der Waals surface area contributed by atoms with Crippen LogP contribution < -0.4 is 10.0 Å². The fourth-order valence-electron chi connectivity index (χ4n) is 3.56. The molecule has 2 rings (SSSR count). The van der Waals surface area contributed by atoms with Gasteiger partial charge < -0.3 is 10.2 Å². The zero-order valence-electron chi connectivity index (χ0n) is 17.1. The zero-order chi connectivity index (χ0) is 21.8. The van der Waals surface area contributed by atoms with Gasteiger partial charge in [-0.3, -0.25) is 9.59 Å². The second kappa shape index (κ2) is 9.69. The third-order valence-corrected chi connectivity index (χ3v) is 8.08. The maximum Gasteiger partial charge on any atom is 0.279 e. The number of carbonyl (C=O) groups is 2. The van der Waals surface area contributed by atoms with Gasteiger partial charge in [0.2, 0.25) is 21.8 Å². The predicted molar refractivity (Wildman–Crippen MR) is 107 cm³/mol. The van der Waals surface area contributed by atoms with Gasteiger partial charge >= 0.3 is 0 Å². The number of rotatable bonds is 8. The molecule has 2 aliphatic heterocycles. The van der Waals surface area contributed by atoms with Crippen LogP contribution in [0.3, 0.4) is 0 Å². The number of nitrogens with zero attached hydrogens (tertiary/aromatic N) is 3. The number of hydrogen-bond acceptors (Lipinski definition) is 6. The highest BCUT2D eigenvalue weighted by molar-refractivity contribution is 7.88. The summed E-state index contributed by atoms with van der Waals surface area (Å²) in [6.45, 7) is 1.49. The largest absolute Gasteiger partial charge is 0.355 e. The van der Waals surface area contributed by atoms with Crippen molar-refractivity contribution in [2.75, 3.05) is 53.1 Å². The molecule has 1 atom stereocenters. The third-order valence-electron chi connectivity index (χ3n) is 5.32. The van der Waals surface area contributed by atoms with Crippen molar-refractivity contribution in [1.29, 1.82) is 0 Å². The van der Waals surface area contributed by atoms with Gasteiger partial charge in [-0.25, -0.2) is 8.42 Å². The Labute approximate surface area is 173 Å². The molecule has 0 aromatic heterocycles. The first-order valence-electron chi connectivity index (χ1n) is 9.61. The third kappa shape index (κ3) is 6.60. The van der Waals surface area contributed by atoms with E-state index in [2.05, 4.69) is 10.0 Å². The summed E-state index contributed by atoms with van der Waals surface area (Å²) >= 11 is 0. The Balaban J connectivity index is 1.75. The first-order valence-corrected chi connectivity index (χ1v) is 12.9. The van der Waals surface area contributed by atoms with E-state index in [-0.39, 0.29) is 18.4 Å². The Kier molecular flexibility index (Phi) is 8.01. The molecule has 2 aliphatic rings. The van der Waals surface area contributed by atoms with Gasteiger partial charge in [0.05, 0.1) is 12.8 Å². The molecule has 0 aromatic carbocycles. The minimum atomic E-state index is -3.64. The normalized spacial score (nSPS) is 22.2. The predicted octanol–water partition coefficient (Wildman–Crippen LogP) is -1.84. The molecule has 2 fully saturated rings. The van der Waals surface area contributed by atoms with Gasteiger partial charge in [0.1, 0.15) is 6.04 Å². The molecule has 29 heavy (non-hydrogen) atoms. The number of carbonyl (C=O) groups excluding carboxylic acids is 2. The molecule has 2 N–H and O–H groups in total. The van der Waals surface area contributed by atoms with Crippen LogP contribution in [-0.4, -0.2) is 101 Å². The van der Waals surface area contributed by atoms with Crippen LogP contribution in [0.1, 0.15) is 25.7 Å². The standard InChI is InChI=1S/C16H31N5O6S2/c1-19(2)29(26,27)18-12-15(22)17-11-13-6-9-20(10-7-13)16(23)14-5-4-8-21(14)28(3,24)25/h13-14,18H,4-12H2,1-3H3,(H,17,22). The number of amides is 2. The molecule has 2 heterocycles. The van der Waals surface area contributed by atoms with Crippen LogP contribution in [0.15, 0.2) is 0 Å². The average molecular weight is 454 g/mol. The lowest BCUT2D eigenvalue weighted by Gasteiger charge is -2.35. The van der Waals surface area contributed by atoms with E-state index < -0.39 is 32.2 Å². The number of piperidine rings is 1. The lowest BCUT2D eigenvalue weighted by Crippen LogP contribution is -2.50. The van der Waals surface area contributed by atoms with Crippen LogP contribution in [0.5, 0.6) is 0 Å². The van der Waals surface area contributed by atoms with Crippen LogP contribution in [-0.2, 0) is 29.8 Å². The SMILES string of the molecule is CN(C)S(=O)(=O)NCC(=O)NCC1CCN(C(=O)C2CCCN2S(C)(=O)=O)CC1. The van der Waals surface area contributed by atoms with Gasteiger partial charge in [-0.05, 0) is 31.6 Å². The van der Waals surface area contributed by atoms with Gasteiger partial charge in [0, 0.05) is 40.3 Å². The van der Waals surface area contributed by atoms with Crippen molar-refractivity contribution in [3.8, 4) is 0 Å². The highest BCUT2D eigenvalue weighted by Gasteiger charge is 2.39. The van der Waals surface area contributed by atoms with Crippen LogP contribution in [0.25, 0.3) is 0 Å². The summed E-state index contributed by atoms with van der Waals surface area (Å²) in [5.41, 5.74) is 0. The molecular weight excluding hydrogens is 422 g/mol. The van der Waals surface area contributed by atoms with Gasteiger partial charge in [-0.2, -0.15) is 21.8 Å². The maximum absolute atomic E-state index is 12.7. The fraction of sp³-hybridized carbons (Fsp3) is 0.875. The Bertz CT molecular complexity index is 806. The number of likely N-dealkylation sites (tertiary alicyclic amines) is 1. The lowest BCUT2D eigenvalue weighted by atomic mass is 9.96. The lowest BCUT2D eigenvalue weighted by molar-refractivity contribution is -0.136. The number of hydrogen-bond donors (Lipinski definition) is 2. The monoisotopic (exact) mass is 453 g/mol. The van der Waals surface area contributed by atoms with Gasteiger partial charge in [0.25, 0.3) is 10.2 Å². The molecule has 0 aromatic rings. The van der Waals surface area contributed by atoms with E-state index >= 15 is 0 Å². The molecule has 0 aliphatic carbocycles. The van der Waals surface area contributed by atoms with Crippen molar-refractivity contribution in [3.63, 3.8) is 0 Å². The average Bonchev–Trinajstić information content (AvgIpc) is 3.15. The summed E-state index contributed by atoms with van der Waals surface area (Å²) < 4.78 is 51.4. The van der Waals surface area contributed by atoms with E-state index in [1.54, 1.807) is 4.90 Å². The Hall–Kier alpha value is -1.28. The summed E-state index contributed by atoms with van der Waals surface area (Å²) in [7, 11) is -4.30. The summed E-state index contributed by atoms with van der Waals surface area (Å²) in [6.07, 6.45) is 3.75. The van der Waals surface area contributed by atoms with Crippen LogP contribution in [0, 0.1) is 5.92 Å². The van der Waals surface area contributed by atoms with Crippen molar-refractivity contribution in [1.82, 2.24) is 23.5 Å². The van der Waals surface area contributed by atoms with Gasteiger partial charge in [-0.1, -0.05) is 0 Å². The van der Waals surface area contributed by atoms with Crippen molar-refractivity contribution in [2.45, 2.75) is 31.7 Å². The van der Waals surface area contributed by atoms with E-state index in [0.717, 1.165) is 10.6 Å². The van der Waals surface area contributed by atoms with E-state index in [1.807, 2.05) is 0 Å². The number of sulfonamides is 1. The molecule has 1 unspecified atom stereocenters. The molecular formula is C16H31N5O6S2. The second-order valence-electron chi connectivity index (χ2n) is 7.71. The first-order chi connectivity index (χ1) is 13.4. The highest BCUT2D eigenvalue weighted by Crippen LogP contribution is 2.24. The Morgan fingerprint density at radius 1 is 1.03 bits per heavy atom. The zero-order valence-corrected chi connectivity index (χ0v) is 18.8. The fourth-order valence-corrected chi connectivity index (χ4v) is 5.25. The van der Waals surface area contributed by atoms with Gasteiger partial charge in [0.15, 0.2) is 0 Å². The topological polar surface area (TPSA) is 136 Å². The number of nitrogens with one attached hydrogen (secondary N) is 2.